The number of aryl methyl sites for hydroxylation is 1. The lowest BCUT2D eigenvalue weighted by Gasteiger charge is -2.44. The highest BCUT2D eigenvalue weighted by molar-refractivity contribution is 7.66. The van der Waals surface area contributed by atoms with Crippen LogP contribution in [0.15, 0.2) is 56.6 Å². The van der Waals surface area contributed by atoms with Crippen LogP contribution in [0, 0.1) is 6.92 Å². The molecular weight excluding hydrogens is 1120 g/mol. The smallest absolute Gasteiger partial charge is 0.390 e. The molecule has 6 aromatic rings. The molecule has 4 aliphatic heterocycles. The molecule has 4 saturated heterocycles. The minimum Gasteiger partial charge on any atom is -0.390 e. The van der Waals surface area contributed by atoms with Gasteiger partial charge in [0.05, 0.1) is 49.8 Å². The van der Waals surface area contributed by atoms with E-state index in [2.05, 4.69) is 48.5 Å². The molecule has 3 unspecified atom stereocenters. The largest absolute Gasteiger partial charge is 0.490 e. The van der Waals surface area contributed by atoms with Crippen LogP contribution in [0.2, 0.25) is 0 Å². The van der Waals surface area contributed by atoms with Crippen molar-refractivity contribution in [2.45, 2.75) is 125 Å². The number of hydrogen-bond acceptors (Lipinski definition) is 27. The number of H-pyrrole nitrogens is 2. The molecule has 37 nitrogen and oxygen atoms in total. The number of fused-ring (bicyclic) bond motifs is 2. The van der Waals surface area contributed by atoms with Crippen molar-refractivity contribution in [3.05, 3.63) is 84.7 Å². The summed E-state index contributed by atoms with van der Waals surface area (Å²) >= 11 is 0. The maximum Gasteiger partial charge on any atom is 0.490 e. The summed E-state index contributed by atoms with van der Waals surface area (Å²) < 4.78 is 88.7. The quantitative estimate of drug-likeness (QED) is 0.0390. The van der Waals surface area contributed by atoms with Gasteiger partial charge in [0.2, 0.25) is 5.95 Å². The van der Waals surface area contributed by atoms with Gasteiger partial charge in [0.25, 0.3) is 11.1 Å². The number of phosphoric ester groups is 1. The molecule has 0 bridgehead atoms. The van der Waals surface area contributed by atoms with Crippen molar-refractivity contribution >= 4 is 63.4 Å². The summed E-state index contributed by atoms with van der Waals surface area (Å²) in [5, 5.41) is 35.9. The highest BCUT2D eigenvalue weighted by Crippen LogP contribution is 2.67. The van der Waals surface area contributed by atoms with Crippen LogP contribution in [0.5, 0.6) is 0 Å². The first-order valence-corrected chi connectivity index (χ1v) is 28.1. The topological polar surface area (TPSA) is 542 Å². The molecular formula is C39H50N15O22P3. The first-order chi connectivity index (χ1) is 37.1. The van der Waals surface area contributed by atoms with Gasteiger partial charge in [0, 0.05) is 56.5 Å². The number of aromatic amines is 2. The summed E-state index contributed by atoms with van der Waals surface area (Å²) in [6.45, 7) is 0.651. The second kappa shape index (κ2) is 21.1. The van der Waals surface area contributed by atoms with E-state index in [1.54, 1.807) is 0 Å². The fourth-order valence-corrected chi connectivity index (χ4v) is 13.4. The number of phosphoric acid groups is 3. The van der Waals surface area contributed by atoms with Gasteiger partial charge in [-0.05, 0) is 13.0 Å². The second-order valence-corrected chi connectivity index (χ2v) is 23.3. The Kier molecular flexibility index (Phi) is 15.0. The first kappa shape index (κ1) is 56.2. The number of rotatable bonds is 18. The Bertz CT molecular complexity index is 3700. The Morgan fingerprint density at radius 2 is 1.32 bits per heavy atom. The van der Waals surface area contributed by atoms with E-state index in [0.29, 0.717) is 0 Å². The van der Waals surface area contributed by atoms with Crippen molar-refractivity contribution in [1.29, 1.82) is 0 Å². The number of ether oxygens (including phenoxy) is 5. The van der Waals surface area contributed by atoms with Gasteiger partial charge in [-0.1, -0.05) is 0 Å². The van der Waals surface area contributed by atoms with Crippen molar-refractivity contribution in [3.63, 3.8) is 0 Å². The number of aromatic nitrogens is 12. The number of aliphatic hydroxyl groups excluding tert-OH is 3. The van der Waals surface area contributed by atoms with Crippen LogP contribution in [-0.4, -0.2) is 154 Å². The zero-order chi connectivity index (χ0) is 56.7. The van der Waals surface area contributed by atoms with Crippen LogP contribution < -0.4 is 39.7 Å². The molecule has 15 atom stereocenters. The molecule has 0 spiro atoms. The summed E-state index contributed by atoms with van der Waals surface area (Å²) in [4.78, 5) is 120. The number of imidazole rings is 2. The van der Waals surface area contributed by atoms with Crippen LogP contribution in [0.3, 0.4) is 0 Å². The molecule has 6 aromatic heterocycles. The van der Waals surface area contributed by atoms with Gasteiger partial charge in [-0.3, -0.25) is 42.3 Å². The lowest BCUT2D eigenvalue weighted by molar-refractivity contribution is -0.221. The summed E-state index contributed by atoms with van der Waals surface area (Å²) in [6.07, 6.45) is -14.5. The maximum absolute atomic E-state index is 13.7. The normalized spacial score (nSPS) is 29.8. The van der Waals surface area contributed by atoms with E-state index in [1.807, 2.05) is 0 Å². The summed E-state index contributed by atoms with van der Waals surface area (Å²) in [5.41, 5.74) is 12.1. The summed E-state index contributed by atoms with van der Waals surface area (Å²) in [7, 11) is -18.1. The van der Waals surface area contributed by atoms with Gasteiger partial charge in [0.1, 0.15) is 66.5 Å². The van der Waals surface area contributed by atoms with Gasteiger partial charge in [-0.25, -0.2) is 43.2 Å². The molecule has 0 amide bonds. The van der Waals surface area contributed by atoms with E-state index in [1.165, 1.54) is 47.3 Å². The fourth-order valence-electron chi connectivity index (χ4n) is 10.2. The van der Waals surface area contributed by atoms with Crippen LogP contribution >= 0.6 is 23.5 Å². The molecule has 10 rings (SSSR count). The molecule has 0 aromatic carbocycles. The number of nitrogens with two attached hydrogens (primary N) is 3. The number of aliphatic hydroxyl groups is 3. The lowest BCUT2D eigenvalue weighted by atomic mass is 9.80. The molecule has 40 heteroatoms. The number of anilines is 3. The summed E-state index contributed by atoms with van der Waals surface area (Å²) in [5.74, 6) is -0.392. The van der Waals surface area contributed by atoms with Crippen molar-refractivity contribution in [3.8, 4) is 0 Å². The lowest BCUT2D eigenvalue weighted by Crippen LogP contribution is -2.56. The van der Waals surface area contributed by atoms with Gasteiger partial charge in [-0.2, -0.15) is 18.6 Å². The van der Waals surface area contributed by atoms with Gasteiger partial charge >= 0.3 is 34.8 Å². The highest BCUT2D eigenvalue weighted by atomic mass is 31.3. The molecule has 0 aliphatic carbocycles. The number of nitrogens with zero attached hydrogens (tertiary/aromatic N) is 10. The fraction of sp³-hybridized carbons (Fsp3) is 0.538. The number of hydrogen-bond donors (Lipinski definition) is 12. The van der Waals surface area contributed by atoms with Crippen molar-refractivity contribution in [1.82, 2.24) is 58.1 Å². The van der Waals surface area contributed by atoms with Gasteiger partial charge in [0.15, 0.2) is 22.6 Å². The third-order valence-electron chi connectivity index (χ3n) is 13.6. The Balaban J connectivity index is 1.09. The number of nitrogens with one attached hydrogen (secondary N) is 2. The van der Waals surface area contributed by atoms with E-state index in [0.717, 1.165) is 15.3 Å². The Labute approximate surface area is 439 Å². The molecule has 15 N–H and O–H groups in total. The second-order valence-electron chi connectivity index (χ2n) is 18.9. The zero-order valence-electron chi connectivity index (χ0n) is 40.6. The standard InChI is InChI=1S/C39H50N15O22P3/c1-15-10-52(38(61)50-34(15)58)27-7-19(74-78(65,66)76-79(67,68)75-77(62,63)64)21(71-27)9-39(69-11-22-17(56)5-24(72-22)51-3-2-23(40)47-37(51)60,8-20-16(55)4-25(70-20)53-13-45-28-31(41)43-12-44-32(28)53)30-18(57)6-26(73-30)54-14-46-29-33(54)48-36(42)49-35(29)59/h2-3,10,12-14,16-22,24-27,30,55-57H,4-9,11H2,1H3,(H,65,66)(H,67,68)(H2,40,47,60)(H2,41,43,44)(H,50,58,61)(H2,62,63,64)(H3,42,48,49,59)/t16-,17-,18-,19-,20+,21+,22+,24+,25+,26+,27+,30-,39?/m0/s1. The average molecular weight is 1170 g/mol. The van der Waals surface area contributed by atoms with Crippen LogP contribution in [0.25, 0.3) is 22.3 Å². The SMILES string of the molecule is Cc1cn([C@H]2C[C@H](OP(=O)(O)OP(=O)(O)OP(=O)(O)O)[C@@H](CC(C[C@H]3O[C@@H](n4cnc5c(N)ncnc54)C[C@@H]3O)(OC[C@H]3O[C@@H](n4ccc(N)nc4=O)C[C@@H]3O)[C@H]3O[C@@H](n4cnc5c(=O)[nH]c(N)nc54)C[C@@H]3O)O2)c(=O)[nH]c1=O. The Morgan fingerprint density at radius 3 is 2.04 bits per heavy atom. The Hall–Kier alpha value is -6.05. The van der Waals surface area contributed by atoms with E-state index in [-0.39, 0.29) is 64.7 Å². The van der Waals surface area contributed by atoms with Crippen molar-refractivity contribution < 1.29 is 85.4 Å². The molecule has 79 heavy (non-hydrogen) atoms. The third kappa shape index (κ3) is 11.6. The van der Waals surface area contributed by atoms with E-state index >= 15 is 0 Å². The predicted octanol–water partition coefficient (Wildman–Crippen LogP) is -2.70. The van der Waals surface area contributed by atoms with E-state index < -0.39 is 151 Å². The molecule has 0 saturated carbocycles. The molecule has 0 radical (unpaired) electrons. The van der Waals surface area contributed by atoms with E-state index in [9.17, 15) is 67.8 Å². The van der Waals surface area contributed by atoms with Crippen molar-refractivity contribution in [2.75, 3.05) is 23.8 Å². The minimum absolute atomic E-state index is 0.0253. The van der Waals surface area contributed by atoms with Crippen molar-refractivity contribution in [2.24, 2.45) is 0 Å². The molecule has 4 fully saturated rings. The van der Waals surface area contributed by atoms with Gasteiger partial charge in [-0.15, -0.1) is 0 Å². The van der Waals surface area contributed by atoms with Gasteiger partial charge < -0.3 is 75.8 Å². The van der Waals surface area contributed by atoms with Crippen LogP contribution in [0.1, 0.15) is 69.0 Å². The minimum atomic E-state index is -6.15. The monoisotopic (exact) mass is 1170 g/mol. The molecule has 10 heterocycles. The number of nitrogen functional groups attached to an aromatic ring is 3. The zero-order valence-corrected chi connectivity index (χ0v) is 43.3. The first-order valence-electron chi connectivity index (χ1n) is 23.6. The average Bonchev–Trinajstić information content (AvgIpc) is 4.34. The highest BCUT2D eigenvalue weighted by Gasteiger charge is 2.58. The third-order valence-corrected chi connectivity index (χ3v) is 17.5. The Morgan fingerprint density at radius 1 is 0.696 bits per heavy atom. The predicted molar refractivity (Wildman–Crippen MR) is 260 cm³/mol. The maximum atomic E-state index is 13.7. The van der Waals surface area contributed by atoms with Crippen LogP contribution in [0.4, 0.5) is 17.6 Å². The summed E-state index contributed by atoms with van der Waals surface area (Å²) in [6, 6.07) is 1.32. The van der Waals surface area contributed by atoms with E-state index in [4.69, 9.17) is 45.4 Å². The van der Waals surface area contributed by atoms with Crippen LogP contribution in [-0.2, 0) is 50.5 Å². The molecule has 4 aliphatic rings. The molecule has 428 valence electrons.